The summed E-state index contributed by atoms with van der Waals surface area (Å²) in [7, 11) is 1.53. The van der Waals surface area contributed by atoms with Crippen LogP contribution in [0.15, 0.2) is 79.1 Å². The van der Waals surface area contributed by atoms with E-state index in [2.05, 4.69) is 33.8 Å². The first-order valence-electron chi connectivity index (χ1n) is 17.4. The van der Waals surface area contributed by atoms with Gasteiger partial charge < -0.3 is 39.8 Å². The molecule has 4 N–H and O–H groups in total. The number of aliphatic carboxylic acids is 2. The number of carboxylic acid groups (broad SMARTS) is 2. The molecule has 0 amide bonds. The maximum absolute atomic E-state index is 11.1. The van der Waals surface area contributed by atoms with E-state index < -0.39 is 11.9 Å². The fourth-order valence-electron chi connectivity index (χ4n) is 5.94. The van der Waals surface area contributed by atoms with E-state index in [0.29, 0.717) is 55.3 Å². The first-order valence-corrected chi connectivity index (χ1v) is 18.2. The number of hydrogen-bond donors (Lipinski definition) is 4. The van der Waals surface area contributed by atoms with Crippen molar-refractivity contribution in [2.75, 3.05) is 20.2 Å². The van der Waals surface area contributed by atoms with Crippen molar-refractivity contribution in [2.24, 2.45) is 0 Å². The Morgan fingerprint density at radius 3 is 1.70 bits per heavy atom. The molecule has 0 saturated heterocycles. The number of rotatable bonds is 19. The molecule has 1 aromatic heterocycles. The summed E-state index contributed by atoms with van der Waals surface area (Å²) in [4.78, 5) is 26.1. The monoisotopic (exact) mass is 798 g/mol. The number of ether oxygens (including phenoxy) is 4. The number of nitrogens with one attached hydrogen (secondary N) is 2. The van der Waals surface area contributed by atoms with Crippen LogP contribution in [0.25, 0.3) is 11.1 Å². The Labute approximate surface area is 334 Å². The number of halogens is 2. The third-order valence-electron chi connectivity index (χ3n) is 8.90. The molecule has 0 radical (unpaired) electrons. The summed E-state index contributed by atoms with van der Waals surface area (Å²) >= 11 is 13.3. The molecule has 0 spiro atoms. The van der Waals surface area contributed by atoms with Crippen molar-refractivity contribution in [1.29, 1.82) is 5.26 Å². The van der Waals surface area contributed by atoms with Crippen LogP contribution in [0, 0.1) is 25.2 Å². The van der Waals surface area contributed by atoms with Gasteiger partial charge in [0.15, 0.2) is 0 Å². The molecule has 0 aliphatic rings. The zero-order chi connectivity index (χ0) is 40.2. The summed E-state index contributed by atoms with van der Waals surface area (Å²) in [6, 6.07) is 22.6. The minimum Gasteiger partial charge on any atom is -0.496 e. The van der Waals surface area contributed by atoms with Gasteiger partial charge in [-0.3, -0.25) is 14.6 Å². The van der Waals surface area contributed by atoms with Crippen LogP contribution < -0.4 is 29.6 Å². The number of methoxy groups -OCH3 is 1. The van der Waals surface area contributed by atoms with Crippen LogP contribution in [0.3, 0.4) is 0 Å². The van der Waals surface area contributed by atoms with Gasteiger partial charge in [0.05, 0.1) is 35.8 Å². The lowest BCUT2D eigenvalue weighted by Crippen LogP contribution is -2.22. The van der Waals surface area contributed by atoms with E-state index in [0.717, 1.165) is 33.4 Å². The fourth-order valence-corrected chi connectivity index (χ4v) is 6.43. The van der Waals surface area contributed by atoms with Gasteiger partial charge in [-0.2, -0.15) is 5.26 Å². The summed E-state index contributed by atoms with van der Waals surface area (Å²) in [6.45, 7) is 4.64. The minimum absolute atomic E-state index is 0.113. The Bertz CT molecular complexity index is 2260. The number of aromatic nitrogens is 1. The minimum atomic E-state index is -0.996. The van der Waals surface area contributed by atoms with Gasteiger partial charge in [0.2, 0.25) is 0 Å². The van der Waals surface area contributed by atoms with Crippen molar-refractivity contribution in [3.63, 3.8) is 0 Å². The summed E-state index contributed by atoms with van der Waals surface area (Å²) in [6.07, 6.45) is 3.07. The van der Waals surface area contributed by atoms with E-state index in [4.69, 9.17) is 52.4 Å². The molecule has 12 nitrogen and oxygen atoms in total. The van der Waals surface area contributed by atoms with E-state index >= 15 is 0 Å². The van der Waals surface area contributed by atoms with Crippen molar-refractivity contribution in [2.45, 2.75) is 46.8 Å². The average Bonchev–Trinajstić information content (AvgIpc) is 3.17. The predicted octanol–water partition coefficient (Wildman–Crippen LogP) is 7.64. The van der Waals surface area contributed by atoms with Crippen molar-refractivity contribution in [3.05, 3.63) is 134 Å². The van der Waals surface area contributed by atoms with Crippen molar-refractivity contribution < 1.29 is 38.7 Å². The van der Waals surface area contributed by atoms with Crippen LogP contribution in [-0.4, -0.2) is 47.3 Å². The number of benzene rings is 4. The molecule has 0 bridgehead atoms. The van der Waals surface area contributed by atoms with Crippen molar-refractivity contribution >= 4 is 35.1 Å². The van der Waals surface area contributed by atoms with Crippen molar-refractivity contribution in [3.8, 4) is 40.2 Å². The van der Waals surface area contributed by atoms with Crippen LogP contribution in [0.5, 0.6) is 23.0 Å². The molecule has 0 fully saturated rings. The number of nitrogens with zero attached hydrogens (tertiary/aromatic N) is 2. The van der Waals surface area contributed by atoms with Gasteiger partial charge in [0.1, 0.15) is 48.9 Å². The summed E-state index contributed by atoms with van der Waals surface area (Å²) in [5.41, 5.74) is 8.41. The Morgan fingerprint density at radius 1 is 0.696 bits per heavy atom. The highest BCUT2D eigenvalue weighted by Crippen LogP contribution is 2.37. The third-order valence-corrected chi connectivity index (χ3v) is 9.49. The van der Waals surface area contributed by atoms with Gasteiger partial charge in [0.25, 0.3) is 0 Å². The Hall–Kier alpha value is -5.84. The molecular formula is C42H40Cl2N4O8. The largest absolute Gasteiger partial charge is 0.496 e. The van der Waals surface area contributed by atoms with Gasteiger partial charge in [-0.05, 0) is 65.4 Å². The van der Waals surface area contributed by atoms with Crippen molar-refractivity contribution in [1.82, 2.24) is 15.6 Å². The third kappa shape index (κ3) is 10.9. The average molecular weight is 800 g/mol. The van der Waals surface area contributed by atoms with E-state index in [1.54, 1.807) is 36.5 Å². The van der Waals surface area contributed by atoms with Crippen LogP contribution in [0.4, 0.5) is 0 Å². The lowest BCUT2D eigenvalue weighted by atomic mass is 9.92. The molecule has 0 atom stereocenters. The van der Waals surface area contributed by atoms with E-state index in [9.17, 15) is 14.9 Å². The molecule has 56 heavy (non-hydrogen) atoms. The Balaban J connectivity index is 1.32. The van der Waals surface area contributed by atoms with E-state index in [1.807, 2.05) is 38.1 Å². The number of pyridine rings is 1. The summed E-state index contributed by atoms with van der Waals surface area (Å²) in [5, 5.41) is 33.7. The maximum atomic E-state index is 11.1. The number of nitriles is 1. The van der Waals surface area contributed by atoms with Crippen LogP contribution in [0.2, 0.25) is 10.0 Å². The second-order valence-corrected chi connectivity index (χ2v) is 13.5. The summed E-state index contributed by atoms with van der Waals surface area (Å²) < 4.78 is 24.1. The fraction of sp³-hybridized carbons (Fsp3) is 0.238. The standard InChI is InChI=1S/C42H40Cl2N4O8/c1-25-29(23-55-39-13-37(53-3)31(11-35(39)43)18-47-20-41(49)50)6-4-8-33(25)34-9-5-7-30(26(34)2)24-56-40-14-38(32(12-36(40)44)19-48-21-42(51)52)54-22-28-10-27(15-45)16-46-17-28/h4-14,16-17,47-48H,18-24H2,1-3H3,(H,49,50)(H,51,52). The van der Waals surface area contributed by atoms with Gasteiger partial charge >= 0.3 is 11.9 Å². The highest BCUT2D eigenvalue weighted by atomic mass is 35.5. The molecule has 5 rings (SSSR count). The van der Waals surface area contributed by atoms with E-state index in [1.165, 1.54) is 13.3 Å². The van der Waals surface area contributed by atoms with Gasteiger partial charge in [-0.15, -0.1) is 0 Å². The second-order valence-electron chi connectivity index (χ2n) is 12.7. The number of carboxylic acids is 2. The molecule has 0 aliphatic heterocycles. The quantitative estimate of drug-likeness (QED) is 0.0645. The molecule has 0 unspecified atom stereocenters. The molecule has 290 valence electrons. The first kappa shape index (κ1) is 41.3. The Kier molecular flexibility index (Phi) is 14.5. The SMILES string of the molecule is COc1cc(OCc2cccc(-c3cccc(COc4cc(OCc5cncc(C#N)c5)c(CNCC(=O)O)cc4Cl)c3C)c2C)c(Cl)cc1CNCC(=O)O. The highest BCUT2D eigenvalue weighted by Gasteiger charge is 2.17. The smallest absolute Gasteiger partial charge is 0.317 e. The zero-order valence-electron chi connectivity index (χ0n) is 30.9. The number of hydrogen-bond acceptors (Lipinski definition) is 10. The predicted molar refractivity (Wildman–Crippen MR) is 211 cm³/mol. The molecule has 0 saturated carbocycles. The van der Waals surface area contributed by atoms with Gasteiger partial charge in [-0.25, -0.2) is 0 Å². The molecule has 1 heterocycles. The topological polar surface area (TPSA) is 172 Å². The normalized spacial score (nSPS) is 10.8. The molecule has 0 aliphatic carbocycles. The second kappa shape index (κ2) is 19.7. The first-order chi connectivity index (χ1) is 27.0. The molecule has 14 heteroatoms. The van der Waals surface area contributed by atoms with Gasteiger partial charge in [0, 0.05) is 54.3 Å². The molecule has 5 aromatic rings. The maximum Gasteiger partial charge on any atom is 0.317 e. The molecular weight excluding hydrogens is 759 g/mol. The van der Waals surface area contributed by atoms with Gasteiger partial charge in [-0.1, -0.05) is 59.6 Å². The van der Waals surface area contributed by atoms with E-state index in [-0.39, 0.29) is 46.0 Å². The van der Waals surface area contributed by atoms with Crippen LogP contribution >= 0.6 is 23.2 Å². The Morgan fingerprint density at radius 2 is 1.20 bits per heavy atom. The van der Waals surface area contributed by atoms with Crippen LogP contribution in [-0.2, 0) is 42.5 Å². The lowest BCUT2D eigenvalue weighted by molar-refractivity contribution is -0.137. The number of carbonyl (C=O) groups is 2. The molecule has 4 aromatic carbocycles. The van der Waals surface area contributed by atoms with Crippen LogP contribution in [0.1, 0.15) is 44.5 Å². The summed E-state index contributed by atoms with van der Waals surface area (Å²) in [5.74, 6) is -0.176. The zero-order valence-corrected chi connectivity index (χ0v) is 32.5. The lowest BCUT2D eigenvalue weighted by Gasteiger charge is -2.18. The highest BCUT2D eigenvalue weighted by molar-refractivity contribution is 6.32.